The van der Waals surface area contributed by atoms with Gasteiger partial charge in [-0.25, -0.2) is 0 Å². The molecule has 0 fully saturated rings. The van der Waals surface area contributed by atoms with E-state index in [1.54, 1.807) is 0 Å². The number of nitrogens with one attached hydrogen (secondary N) is 2. The van der Waals surface area contributed by atoms with Crippen LogP contribution in [0.2, 0.25) is 0 Å². The molecule has 15 heavy (non-hydrogen) atoms. The van der Waals surface area contributed by atoms with Crippen LogP contribution in [0.25, 0.3) is 0 Å². The summed E-state index contributed by atoms with van der Waals surface area (Å²) in [6.45, 7) is 4.64. The van der Waals surface area contributed by atoms with Crippen molar-refractivity contribution in [3.05, 3.63) is 0 Å². The van der Waals surface area contributed by atoms with Crippen LogP contribution in [0.15, 0.2) is 0 Å². The van der Waals surface area contributed by atoms with E-state index in [0.717, 1.165) is 0 Å². The third-order valence-corrected chi connectivity index (χ3v) is 2.44. The first-order chi connectivity index (χ1) is 7.08. The molecular weight excluding hydrogens is 192 g/mol. The molecule has 0 atom stereocenters. The van der Waals surface area contributed by atoms with Crippen LogP contribution in [0.4, 0.5) is 0 Å². The second kappa shape index (κ2) is 7.27. The van der Waals surface area contributed by atoms with Crippen molar-refractivity contribution < 1.29 is 9.90 Å². The zero-order valence-corrected chi connectivity index (χ0v) is 9.47. The van der Waals surface area contributed by atoms with Gasteiger partial charge in [0.25, 0.3) is 0 Å². The minimum absolute atomic E-state index is 0.148. The normalized spacial score (nSPS) is 10.8. The van der Waals surface area contributed by atoms with Crippen molar-refractivity contribution in [1.29, 1.82) is 0 Å². The fraction of sp³-hybridized carbons (Fsp3) is 0.727. The minimum atomic E-state index is -0.790. The molecule has 0 unspecified atom stereocenters. The molecule has 0 aliphatic carbocycles. The molecule has 0 rings (SSSR count). The van der Waals surface area contributed by atoms with Gasteiger partial charge >= 0.3 is 0 Å². The summed E-state index contributed by atoms with van der Waals surface area (Å²) in [4.78, 5) is 11.2. The Morgan fingerprint density at radius 3 is 2.53 bits per heavy atom. The van der Waals surface area contributed by atoms with Gasteiger partial charge in [0, 0.05) is 6.54 Å². The minimum Gasteiger partial charge on any atom is -0.388 e. The monoisotopic (exact) mass is 212 g/mol. The van der Waals surface area contributed by atoms with Crippen LogP contribution in [-0.2, 0) is 4.79 Å². The van der Waals surface area contributed by atoms with Gasteiger partial charge in [0.2, 0.25) is 5.91 Å². The summed E-state index contributed by atoms with van der Waals surface area (Å²) in [5.41, 5.74) is -0.790. The third kappa shape index (κ3) is 6.10. The molecule has 0 aliphatic rings. The second-order valence-corrected chi connectivity index (χ2v) is 3.52. The summed E-state index contributed by atoms with van der Waals surface area (Å²) >= 11 is 0. The maximum Gasteiger partial charge on any atom is 0.234 e. The molecule has 0 saturated heterocycles. The van der Waals surface area contributed by atoms with Crippen molar-refractivity contribution >= 4 is 5.91 Å². The molecule has 0 bridgehead atoms. The molecule has 0 aromatic heterocycles. The molecule has 86 valence electrons. The SMILES string of the molecule is C#CCNCC(=O)NCC(O)(CC)CC. The van der Waals surface area contributed by atoms with Crippen molar-refractivity contribution in [2.75, 3.05) is 19.6 Å². The van der Waals surface area contributed by atoms with Crippen LogP contribution in [0, 0.1) is 12.3 Å². The number of aliphatic hydroxyl groups is 1. The summed E-state index contributed by atoms with van der Waals surface area (Å²) in [5.74, 6) is 2.23. The Morgan fingerprint density at radius 1 is 1.47 bits per heavy atom. The number of hydrogen-bond acceptors (Lipinski definition) is 3. The van der Waals surface area contributed by atoms with Gasteiger partial charge in [0.1, 0.15) is 0 Å². The van der Waals surface area contributed by atoms with Crippen LogP contribution in [0.5, 0.6) is 0 Å². The van der Waals surface area contributed by atoms with E-state index in [1.165, 1.54) is 0 Å². The quantitative estimate of drug-likeness (QED) is 0.407. The zero-order valence-electron chi connectivity index (χ0n) is 9.47. The van der Waals surface area contributed by atoms with Crippen molar-refractivity contribution in [3.63, 3.8) is 0 Å². The van der Waals surface area contributed by atoms with Crippen LogP contribution in [-0.4, -0.2) is 36.2 Å². The van der Waals surface area contributed by atoms with E-state index < -0.39 is 5.60 Å². The first kappa shape index (κ1) is 13.9. The molecule has 0 aromatic rings. The van der Waals surface area contributed by atoms with Crippen LogP contribution in [0.1, 0.15) is 26.7 Å². The summed E-state index contributed by atoms with van der Waals surface area (Å²) < 4.78 is 0. The zero-order chi connectivity index (χ0) is 11.7. The molecule has 0 aromatic carbocycles. The van der Waals surface area contributed by atoms with E-state index in [-0.39, 0.29) is 19.0 Å². The van der Waals surface area contributed by atoms with Crippen LogP contribution >= 0.6 is 0 Å². The lowest BCUT2D eigenvalue weighted by atomic mass is 9.98. The van der Waals surface area contributed by atoms with Gasteiger partial charge in [0.05, 0.1) is 18.7 Å². The number of carbonyl (C=O) groups excluding carboxylic acids is 1. The lowest BCUT2D eigenvalue weighted by Crippen LogP contribution is -2.44. The van der Waals surface area contributed by atoms with Gasteiger partial charge in [-0.15, -0.1) is 6.42 Å². The molecular formula is C11H20N2O2. The number of amides is 1. The standard InChI is InChI=1S/C11H20N2O2/c1-4-7-12-8-10(14)13-9-11(15,5-2)6-3/h1,12,15H,5-9H2,2-3H3,(H,13,14). The highest BCUT2D eigenvalue weighted by Crippen LogP contribution is 2.12. The Morgan fingerprint density at radius 2 is 2.07 bits per heavy atom. The average molecular weight is 212 g/mol. The molecule has 1 amide bonds. The highest BCUT2D eigenvalue weighted by molar-refractivity contribution is 5.78. The van der Waals surface area contributed by atoms with E-state index >= 15 is 0 Å². The smallest absolute Gasteiger partial charge is 0.234 e. The van der Waals surface area contributed by atoms with E-state index in [4.69, 9.17) is 6.42 Å². The first-order valence-electron chi connectivity index (χ1n) is 5.21. The molecule has 3 N–H and O–H groups in total. The molecule has 0 radical (unpaired) electrons. The van der Waals surface area contributed by atoms with Gasteiger partial charge < -0.3 is 10.4 Å². The predicted octanol–water partition coefficient (Wildman–Crippen LogP) is -0.123. The van der Waals surface area contributed by atoms with Gasteiger partial charge in [-0.2, -0.15) is 0 Å². The van der Waals surface area contributed by atoms with Gasteiger partial charge in [0.15, 0.2) is 0 Å². The van der Waals surface area contributed by atoms with Crippen LogP contribution < -0.4 is 10.6 Å². The molecule has 0 spiro atoms. The molecule has 4 heteroatoms. The van der Waals surface area contributed by atoms with E-state index in [0.29, 0.717) is 19.4 Å². The first-order valence-corrected chi connectivity index (χ1v) is 5.21. The fourth-order valence-electron chi connectivity index (χ4n) is 1.07. The van der Waals surface area contributed by atoms with E-state index in [1.807, 2.05) is 13.8 Å². The molecule has 0 aliphatic heterocycles. The van der Waals surface area contributed by atoms with Gasteiger partial charge in [-0.05, 0) is 12.8 Å². The molecule has 0 saturated carbocycles. The Balaban J connectivity index is 3.75. The summed E-state index contributed by atoms with van der Waals surface area (Å²) in [6.07, 6.45) is 6.27. The van der Waals surface area contributed by atoms with E-state index in [2.05, 4.69) is 16.6 Å². The Hall–Kier alpha value is -1.05. The Labute approximate surface area is 91.4 Å². The van der Waals surface area contributed by atoms with Gasteiger partial charge in [-0.1, -0.05) is 19.8 Å². The lowest BCUT2D eigenvalue weighted by molar-refractivity contribution is -0.121. The summed E-state index contributed by atoms with van der Waals surface area (Å²) in [5, 5.41) is 15.3. The number of hydrogen-bond donors (Lipinski definition) is 3. The summed E-state index contributed by atoms with van der Waals surface area (Å²) in [6, 6.07) is 0. The number of terminal acetylenes is 1. The second-order valence-electron chi connectivity index (χ2n) is 3.52. The van der Waals surface area contributed by atoms with E-state index in [9.17, 15) is 9.90 Å². The average Bonchev–Trinajstić information content (AvgIpc) is 2.26. The Bertz CT molecular complexity index is 229. The molecule has 4 nitrogen and oxygen atoms in total. The largest absolute Gasteiger partial charge is 0.388 e. The molecule has 0 heterocycles. The van der Waals surface area contributed by atoms with Crippen molar-refractivity contribution in [2.45, 2.75) is 32.3 Å². The summed E-state index contributed by atoms with van der Waals surface area (Å²) in [7, 11) is 0. The van der Waals surface area contributed by atoms with Gasteiger partial charge in [-0.3, -0.25) is 10.1 Å². The lowest BCUT2D eigenvalue weighted by Gasteiger charge is -2.25. The maximum absolute atomic E-state index is 11.2. The van der Waals surface area contributed by atoms with Crippen molar-refractivity contribution in [1.82, 2.24) is 10.6 Å². The highest BCUT2D eigenvalue weighted by Gasteiger charge is 2.22. The number of rotatable bonds is 7. The third-order valence-electron chi connectivity index (χ3n) is 2.44. The predicted molar refractivity (Wildman–Crippen MR) is 60.2 cm³/mol. The topological polar surface area (TPSA) is 61.4 Å². The van der Waals surface area contributed by atoms with Crippen molar-refractivity contribution in [3.8, 4) is 12.3 Å². The number of carbonyl (C=O) groups is 1. The maximum atomic E-state index is 11.2. The van der Waals surface area contributed by atoms with Crippen LogP contribution in [0.3, 0.4) is 0 Å². The fourth-order valence-corrected chi connectivity index (χ4v) is 1.07. The highest BCUT2D eigenvalue weighted by atomic mass is 16.3. The van der Waals surface area contributed by atoms with Crippen molar-refractivity contribution in [2.24, 2.45) is 0 Å². The Kier molecular flexibility index (Phi) is 6.76.